The lowest BCUT2D eigenvalue weighted by Gasteiger charge is -2.18. The van der Waals surface area contributed by atoms with Crippen LogP contribution >= 0.6 is 0 Å². The molecule has 0 aliphatic heterocycles. The Hall–Kier alpha value is -3.32. The molecule has 156 valence electrons. The minimum atomic E-state index is -0.653. The first-order chi connectivity index (χ1) is 14.2. The normalized spacial score (nSPS) is 11.1. The number of carbonyl (C=O) groups excluding carboxylic acids is 1. The molecule has 1 aromatic carbocycles. The number of H-pyrrole nitrogens is 1. The Morgan fingerprint density at radius 3 is 2.40 bits per heavy atom. The molecule has 7 heteroatoms. The summed E-state index contributed by atoms with van der Waals surface area (Å²) in [6.07, 6.45) is 1.53. The summed E-state index contributed by atoms with van der Waals surface area (Å²) in [7, 11) is 0. The number of aryl methyl sites for hydroxylation is 2. The van der Waals surface area contributed by atoms with Gasteiger partial charge in [0.2, 0.25) is 5.78 Å². The number of hydrogen-bond donors (Lipinski definition) is 2. The first-order valence-corrected chi connectivity index (χ1v) is 9.76. The van der Waals surface area contributed by atoms with Gasteiger partial charge in [0.05, 0.1) is 18.8 Å². The van der Waals surface area contributed by atoms with E-state index in [9.17, 15) is 19.5 Å². The predicted molar refractivity (Wildman–Crippen MR) is 114 cm³/mol. The van der Waals surface area contributed by atoms with Crippen LogP contribution in [0, 0.1) is 13.8 Å². The Morgan fingerprint density at radius 2 is 1.80 bits per heavy atom. The molecule has 2 aromatic heterocycles. The first kappa shape index (κ1) is 21.4. The number of ketones is 1. The van der Waals surface area contributed by atoms with E-state index in [2.05, 4.69) is 9.97 Å². The molecule has 3 rings (SSSR count). The second-order valence-corrected chi connectivity index (χ2v) is 7.78. The van der Waals surface area contributed by atoms with Crippen molar-refractivity contribution in [3.63, 3.8) is 0 Å². The summed E-state index contributed by atoms with van der Waals surface area (Å²) >= 11 is 0. The molecule has 0 aliphatic rings. The molecular weight excluding hydrogens is 382 g/mol. The van der Waals surface area contributed by atoms with E-state index in [0.717, 1.165) is 11.1 Å². The third-order valence-electron chi connectivity index (χ3n) is 4.90. The van der Waals surface area contributed by atoms with E-state index in [-0.39, 0.29) is 36.1 Å². The highest BCUT2D eigenvalue weighted by molar-refractivity contribution is 6.09. The Morgan fingerprint density at radius 1 is 1.13 bits per heavy atom. The molecule has 0 bridgehead atoms. The van der Waals surface area contributed by atoms with Gasteiger partial charge in [-0.1, -0.05) is 31.0 Å². The predicted octanol–water partition coefficient (Wildman–Crippen LogP) is 2.44. The van der Waals surface area contributed by atoms with Gasteiger partial charge in [-0.2, -0.15) is 0 Å². The standard InChI is InChI=1S/C23H25N3O4/c1-13(2)19-20(21(28)17-8-14(3)7-15(4)9-17)26(23(30)25-22(19)29)11-16-5-6-24-18(10-16)12-27/h5-10,13,27H,11-12H2,1-4H3,(H,25,29,30). The highest BCUT2D eigenvalue weighted by Crippen LogP contribution is 2.20. The van der Waals surface area contributed by atoms with E-state index in [4.69, 9.17) is 0 Å². The second kappa shape index (κ2) is 8.59. The van der Waals surface area contributed by atoms with Crippen LogP contribution in [0.5, 0.6) is 0 Å². The van der Waals surface area contributed by atoms with E-state index in [1.807, 2.05) is 33.8 Å². The van der Waals surface area contributed by atoms with Gasteiger partial charge in [-0.3, -0.25) is 24.1 Å². The van der Waals surface area contributed by atoms with Crippen molar-refractivity contribution < 1.29 is 9.90 Å². The van der Waals surface area contributed by atoms with Crippen molar-refractivity contribution in [1.82, 2.24) is 14.5 Å². The molecule has 0 spiro atoms. The zero-order chi connectivity index (χ0) is 22.0. The smallest absolute Gasteiger partial charge is 0.329 e. The Balaban J connectivity index is 2.26. The lowest BCUT2D eigenvalue weighted by molar-refractivity contribution is 0.102. The van der Waals surface area contributed by atoms with Gasteiger partial charge in [-0.25, -0.2) is 4.79 Å². The van der Waals surface area contributed by atoms with Gasteiger partial charge < -0.3 is 5.11 Å². The van der Waals surface area contributed by atoms with Gasteiger partial charge in [0.1, 0.15) is 5.69 Å². The lowest BCUT2D eigenvalue weighted by atomic mass is 9.95. The van der Waals surface area contributed by atoms with Crippen LogP contribution in [0.3, 0.4) is 0 Å². The van der Waals surface area contributed by atoms with Crippen LogP contribution in [0.2, 0.25) is 0 Å². The van der Waals surface area contributed by atoms with Gasteiger partial charge in [-0.05, 0) is 49.6 Å². The number of carbonyl (C=O) groups is 1. The van der Waals surface area contributed by atoms with Crippen LogP contribution in [0.25, 0.3) is 0 Å². The zero-order valence-corrected chi connectivity index (χ0v) is 17.5. The van der Waals surface area contributed by atoms with Gasteiger partial charge in [-0.15, -0.1) is 0 Å². The Bertz CT molecular complexity index is 1200. The van der Waals surface area contributed by atoms with Crippen molar-refractivity contribution in [2.75, 3.05) is 0 Å². The van der Waals surface area contributed by atoms with Crippen molar-refractivity contribution in [1.29, 1.82) is 0 Å². The molecule has 2 N–H and O–H groups in total. The number of pyridine rings is 1. The SMILES string of the molecule is Cc1cc(C)cc(C(=O)c2c(C(C)C)c(=O)[nH]c(=O)n2Cc2ccnc(CO)c2)c1. The Kier molecular flexibility index (Phi) is 6.12. The molecule has 0 unspecified atom stereocenters. The maximum absolute atomic E-state index is 13.5. The average molecular weight is 407 g/mol. The lowest BCUT2D eigenvalue weighted by Crippen LogP contribution is -2.38. The van der Waals surface area contributed by atoms with Crippen molar-refractivity contribution in [3.8, 4) is 0 Å². The third-order valence-corrected chi connectivity index (χ3v) is 4.90. The number of benzene rings is 1. The summed E-state index contributed by atoms with van der Waals surface area (Å²) in [5, 5.41) is 9.35. The Labute approximate surface area is 174 Å². The molecule has 30 heavy (non-hydrogen) atoms. The van der Waals surface area contributed by atoms with Gasteiger partial charge >= 0.3 is 5.69 Å². The molecule has 0 radical (unpaired) electrons. The quantitative estimate of drug-likeness (QED) is 0.611. The van der Waals surface area contributed by atoms with Crippen LogP contribution in [-0.4, -0.2) is 25.4 Å². The number of nitrogens with one attached hydrogen (secondary N) is 1. The van der Waals surface area contributed by atoms with E-state index in [1.54, 1.807) is 24.3 Å². The fourth-order valence-electron chi connectivity index (χ4n) is 3.66. The number of aliphatic hydroxyl groups is 1. The van der Waals surface area contributed by atoms with E-state index in [1.165, 1.54) is 10.8 Å². The van der Waals surface area contributed by atoms with Crippen LogP contribution < -0.4 is 11.2 Å². The molecule has 0 saturated carbocycles. The molecule has 0 saturated heterocycles. The summed E-state index contributed by atoms with van der Waals surface area (Å²) in [4.78, 5) is 45.3. The summed E-state index contributed by atoms with van der Waals surface area (Å²) in [6, 6.07) is 8.84. The maximum atomic E-state index is 13.5. The fraction of sp³-hybridized carbons (Fsp3) is 0.304. The average Bonchev–Trinajstić information content (AvgIpc) is 2.68. The zero-order valence-electron chi connectivity index (χ0n) is 17.5. The van der Waals surface area contributed by atoms with Crippen molar-refractivity contribution in [3.05, 3.63) is 96.6 Å². The van der Waals surface area contributed by atoms with Crippen molar-refractivity contribution >= 4 is 5.78 Å². The summed E-state index contributed by atoms with van der Waals surface area (Å²) in [5.41, 5.74) is 2.57. The molecule has 7 nitrogen and oxygen atoms in total. The second-order valence-electron chi connectivity index (χ2n) is 7.78. The monoisotopic (exact) mass is 407 g/mol. The molecule has 0 aliphatic carbocycles. The first-order valence-electron chi connectivity index (χ1n) is 9.76. The van der Waals surface area contributed by atoms with Crippen LogP contribution in [0.1, 0.15) is 63.8 Å². The largest absolute Gasteiger partial charge is 0.390 e. The number of rotatable bonds is 6. The van der Waals surface area contributed by atoms with Crippen LogP contribution in [0.15, 0.2) is 46.1 Å². The van der Waals surface area contributed by atoms with Gasteiger partial charge in [0.15, 0.2) is 0 Å². The van der Waals surface area contributed by atoms with Crippen molar-refractivity contribution in [2.45, 2.75) is 46.8 Å². The summed E-state index contributed by atoms with van der Waals surface area (Å²) in [5.74, 6) is -0.638. The maximum Gasteiger partial charge on any atom is 0.329 e. The van der Waals surface area contributed by atoms with Gasteiger partial charge in [0.25, 0.3) is 5.56 Å². The molecular formula is C23H25N3O4. The molecule has 0 fully saturated rings. The minimum absolute atomic E-state index is 0.0662. The highest BCUT2D eigenvalue weighted by Gasteiger charge is 2.25. The van der Waals surface area contributed by atoms with Gasteiger partial charge in [0, 0.05) is 17.3 Å². The highest BCUT2D eigenvalue weighted by atomic mass is 16.3. The van der Waals surface area contributed by atoms with Crippen LogP contribution in [0.4, 0.5) is 0 Å². The molecule has 0 amide bonds. The number of aromatic nitrogens is 3. The van der Waals surface area contributed by atoms with E-state index >= 15 is 0 Å². The number of aromatic amines is 1. The number of hydrogen-bond acceptors (Lipinski definition) is 5. The molecule has 2 heterocycles. The van der Waals surface area contributed by atoms with Crippen molar-refractivity contribution in [2.24, 2.45) is 0 Å². The van der Waals surface area contributed by atoms with E-state index < -0.39 is 11.2 Å². The minimum Gasteiger partial charge on any atom is -0.390 e. The molecule has 3 aromatic rings. The summed E-state index contributed by atoms with van der Waals surface area (Å²) in [6.45, 7) is 7.25. The molecule has 0 atom stereocenters. The topological polar surface area (TPSA) is 105 Å². The number of nitrogens with zero attached hydrogens (tertiary/aromatic N) is 2. The number of aliphatic hydroxyl groups excluding tert-OH is 1. The summed E-state index contributed by atoms with van der Waals surface area (Å²) < 4.78 is 1.30. The van der Waals surface area contributed by atoms with Crippen LogP contribution in [-0.2, 0) is 13.2 Å². The van der Waals surface area contributed by atoms with E-state index in [0.29, 0.717) is 16.8 Å². The fourth-order valence-corrected chi connectivity index (χ4v) is 3.66. The third kappa shape index (κ3) is 4.31.